The molecule has 2 heterocycles. The lowest BCUT2D eigenvalue weighted by molar-refractivity contribution is 0.0628. The second-order valence-electron chi connectivity index (χ2n) is 6.21. The van der Waals surface area contributed by atoms with Crippen LogP contribution in [0.25, 0.3) is 0 Å². The van der Waals surface area contributed by atoms with Gasteiger partial charge in [0.05, 0.1) is 12.8 Å². The van der Waals surface area contributed by atoms with E-state index in [4.69, 9.17) is 4.74 Å². The van der Waals surface area contributed by atoms with Gasteiger partial charge in [0.15, 0.2) is 0 Å². The third kappa shape index (κ3) is 3.59. The van der Waals surface area contributed by atoms with E-state index in [9.17, 15) is 4.79 Å². The Balaban J connectivity index is 1.56. The topological polar surface area (TPSA) is 50.6 Å². The van der Waals surface area contributed by atoms with E-state index in [0.717, 1.165) is 44.2 Å². The first kappa shape index (κ1) is 16.5. The Morgan fingerprint density at radius 1 is 1.17 bits per heavy atom. The zero-order valence-electron chi connectivity index (χ0n) is 14.5. The van der Waals surface area contributed by atoms with E-state index in [1.165, 1.54) is 5.56 Å². The standard InChI is InChI=1S/C18H24N4O2/c1-14-16(12-20(2)19-14)13-21-8-10-22(11-9-21)18(23)15-4-6-17(24-3)7-5-15/h4-7,12H,8-11,13H2,1-3H3. The summed E-state index contributed by atoms with van der Waals surface area (Å²) < 4.78 is 6.99. The van der Waals surface area contributed by atoms with Gasteiger partial charge in [0, 0.05) is 57.1 Å². The highest BCUT2D eigenvalue weighted by Gasteiger charge is 2.22. The molecule has 3 rings (SSSR count). The van der Waals surface area contributed by atoms with Crippen LogP contribution in [-0.2, 0) is 13.6 Å². The Kier molecular flexibility index (Phi) is 4.85. The summed E-state index contributed by atoms with van der Waals surface area (Å²) >= 11 is 0. The Morgan fingerprint density at radius 3 is 2.38 bits per heavy atom. The minimum absolute atomic E-state index is 0.0925. The fourth-order valence-corrected chi connectivity index (χ4v) is 3.07. The molecular weight excluding hydrogens is 304 g/mol. The van der Waals surface area contributed by atoms with E-state index < -0.39 is 0 Å². The highest BCUT2D eigenvalue weighted by atomic mass is 16.5. The zero-order chi connectivity index (χ0) is 17.1. The number of benzene rings is 1. The molecule has 0 spiro atoms. The van der Waals surface area contributed by atoms with Gasteiger partial charge in [0.1, 0.15) is 5.75 Å². The first-order valence-electron chi connectivity index (χ1n) is 8.21. The van der Waals surface area contributed by atoms with Crippen molar-refractivity contribution in [2.75, 3.05) is 33.3 Å². The normalized spacial score (nSPS) is 15.5. The Hall–Kier alpha value is -2.34. The molecule has 0 aliphatic carbocycles. The van der Waals surface area contributed by atoms with Gasteiger partial charge in [-0.15, -0.1) is 0 Å². The quantitative estimate of drug-likeness (QED) is 0.857. The van der Waals surface area contributed by atoms with Gasteiger partial charge in [-0.1, -0.05) is 0 Å². The van der Waals surface area contributed by atoms with Crippen molar-refractivity contribution < 1.29 is 9.53 Å². The lowest BCUT2D eigenvalue weighted by Crippen LogP contribution is -2.48. The van der Waals surface area contributed by atoms with Gasteiger partial charge in [0.25, 0.3) is 5.91 Å². The molecule has 1 aromatic heterocycles. The van der Waals surface area contributed by atoms with E-state index in [0.29, 0.717) is 5.56 Å². The maximum absolute atomic E-state index is 12.6. The smallest absolute Gasteiger partial charge is 0.253 e. The van der Waals surface area contributed by atoms with Gasteiger partial charge in [-0.25, -0.2) is 0 Å². The van der Waals surface area contributed by atoms with Crippen LogP contribution in [0, 0.1) is 6.92 Å². The summed E-state index contributed by atoms with van der Waals surface area (Å²) in [5.41, 5.74) is 3.05. The summed E-state index contributed by atoms with van der Waals surface area (Å²) in [4.78, 5) is 16.9. The number of methoxy groups -OCH3 is 1. The molecule has 1 fully saturated rings. The molecule has 2 aromatic rings. The van der Waals surface area contributed by atoms with Crippen molar-refractivity contribution >= 4 is 5.91 Å². The number of hydrogen-bond acceptors (Lipinski definition) is 4. The zero-order valence-corrected chi connectivity index (χ0v) is 14.5. The molecule has 0 radical (unpaired) electrons. The maximum Gasteiger partial charge on any atom is 0.253 e. The number of rotatable bonds is 4. The lowest BCUT2D eigenvalue weighted by atomic mass is 10.1. The molecule has 1 aliphatic rings. The van der Waals surface area contributed by atoms with Crippen LogP contribution < -0.4 is 4.74 Å². The van der Waals surface area contributed by atoms with Gasteiger partial charge < -0.3 is 9.64 Å². The summed E-state index contributed by atoms with van der Waals surface area (Å²) in [6.07, 6.45) is 2.07. The number of carbonyl (C=O) groups excluding carboxylic acids is 1. The first-order valence-corrected chi connectivity index (χ1v) is 8.21. The second kappa shape index (κ2) is 7.05. The number of aryl methyl sites for hydroxylation is 2. The Morgan fingerprint density at radius 2 is 1.83 bits per heavy atom. The van der Waals surface area contributed by atoms with Crippen molar-refractivity contribution in [3.63, 3.8) is 0 Å². The van der Waals surface area contributed by atoms with Crippen LogP contribution in [0.3, 0.4) is 0 Å². The van der Waals surface area contributed by atoms with Crippen molar-refractivity contribution in [1.29, 1.82) is 0 Å². The number of amides is 1. The maximum atomic E-state index is 12.6. The highest BCUT2D eigenvalue weighted by Crippen LogP contribution is 2.16. The molecular formula is C18H24N4O2. The summed E-state index contributed by atoms with van der Waals surface area (Å²) in [6.45, 7) is 6.21. The molecule has 1 amide bonds. The van der Waals surface area contributed by atoms with Crippen LogP contribution in [0.5, 0.6) is 5.75 Å². The monoisotopic (exact) mass is 328 g/mol. The van der Waals surface area contributed by atoms with Crippen LogP contribution >= 0.6 is 0 Å². The molecule has 0 atom stereocenters. The molecule has 6 heteroatoms. The summed E-state index contributed by atoms with van der Waals surface area (Å²) in [5.74, 6) is 0.859. The Labute approximate surface area is 142 Å². The summed E-state index contributed by atoms with van der Waals surface area (Å²) in [6, 6.07) is 7.31. The molecule has 0 saturated carbocycles. The summed E-state index contributed by atoms with van der Waals surface area (Å²) in [7, 11) is 3.57. The minimum atomic E-state index is 0.0925. The van der Waals surface area contributed by atoms with Crippen LogP contribution in [0.2, 0.25) is 0 Å². The number of carbonyl (C=O) groups is 1. The van der Waals surface area contributed by atoms with Crippen LogP contribution in [0.4, 0.5) is 0 Å². The minimum Gasteiger partial charge on any atom is -0.497 e. The number of ether oxygens (including phenoxy) is 1. The molecule has 24 heavy (non-hydrogen) atoms. The van der Waals surface area contributed by atoms with E-state index in [-0.39, 0.29) is 5.91 Å². The van der Waals surface area contributed by atoms with Crippen LogP contribution in [-0.4, -0.2) is 58.8 Å². The van der Waals surface area contributed by atoms with Crippen molar-refractivity contribution in [2.24, 2.45) is 7.05 Å². The van der Waals surface area contributed by atoms with Crippen molar-refractivity contribution in [3.05, 3.63) is 47.3 Å². The van der Waals surface area contributed by atoms with E-state index in [1.54, 1.807) is 7.11 Å². The van der Waals surface area contributed by atoms with Crippen molar-refractivity contribution in [1.82, 2.24) is 19.6 Å². The lowest BCUT2D eigenvalue weighted by Gasteiger charge is -2.34. The molecule has 6 nitrogen and oxygen atoms in total. The van der Waals surface area contributed by atoms with Crippen molar-refractivity contribution in [3.8, 4) is 5.75 Å². The predicted molar refractivity (Wildman–Crippen MR) is 92.1 cm³/mol. The predicted octanol–water partition coefficient (Wildman–Crippen LogP) is 1.70. The molecule has 1 aliphatic heterocycles. The number of nitrogens with zero attached hydrogens (tertiary/aromatic N) is 4. The molecule has 0 unspecified atom stereocenters. The number of hydrogen-bond donors (Lipinski definition) is 0. The van der Waals surface area contributed by atoms with Crippen LogP contribution in [0.15, 0.2) is 30.5 Å². The third-order valence-corrected chi connectivity index (χ3v) is 4.51. The Bertz CT molecular complexity index is 700. The largest absolute Gasteiger partial charge is 0.497 e. The fourth-order valence-electron chi connectivity index (χ4n) is 3.07. The average molecular weight is 328 g/mol. The summed E-state index contributed by atoms with van der Waals surface area (Å²) in [5, 5.41) is 4.39. The van der Waals surface area contributed by atoms with E-state index in [1.807, 2.05) is 47.8 Å². The second-order valence-corrected chi connectivity index (χ2v) is 6.21. The third-order valence-electron chi connectivity index (χ3n) is 4.51. The molecule has 0 N–H and O–H groups in total. The number of piperazine rings is 1. The fraction of sp³-hybridized carbons (Fsp3) is 0.444. The molecule has 128 valence electrons. The van der Waals surface area contributed by atoms with Crippen molar-refractivity contribution in [2.45, 2.75) is 13.5 Å². The van der Waals surface area contributed by atoms with Crippen LogP contribution in [0.1, 0.15) is 21.6 Å². The van der Waals surface area contributed by atoms with Gasteiger partial charge in [0.2, 0.25) is 0 Å². The average Bonchev–Trinajstić information content (AvgIpc) is 2.92. The highest BCUT2D eigenvalue weighted by molar-refractivity contribution is 5.94. The van der Waals surface area contributed by atoms with E-state index in [2.05, 4.69) is 16.2 Å². The van der Waals surface area contributed by atoms with Gasteiger partial charge in [-0.3, -0.25) is 14.4 Å². The van der Waals surface area contributed by atoms with Gasteiger partial charge >= 0.3 is 0 Å². The van der Waals surface area contributed by atoms with E-state index >= 15 is 0 Å². The first-order chi connectivity index (χ1) is 11.6. The number of aromatic nitrogens is 2. The molecule has 1 saturated heterocycles. The SMILES string of the molecule is COc1ccc(C(=O)N2CCN(Cc3cn(C)nc3C)CC2)cc1. The molecule has 1 aromatic carbocycles. The van der Waals surface area contributed by atoms with Gasteiger partial charge in [-0.05, 0) is 31.2 Å². The van der Waals surface area contributed by atoms with Gasteiger partial charge in [-0.2, -0.15) is 5.10 Å². The molecule has 0 bridgehead atoms.